The van der Waals surface area contributed by atoms with Crippen molar-refractivity contribution in [2.45, 2.75) is 59.6 Å². The molecule has 0 aliphatic carbocycles. The average molecular weight is 340 g/mol. The fraction of sp³-hybridized carbons (Fsp3) is 1.00. The lowest BCUT2D eigenvalue weighted by molar-refractivity contribution is -0.0114. The zero-order valence-corrected chi connectivity index (χ0v) is 17.1. The Labute approximate surface area is 150 Å². The van der Waals surface area contributed by atoms with Crippen LogP contribution in [-0.2, 0) is 4.74 Å². The molecule has 0 unspecified atom stereocenters. The predicted octanol–water partition coefficient (Wildman–Crippen LogP) is 2.79. The monoisotopic (exact) mass is 339 g/mol. The molecular formula is C20H41N3O. The minimum Gasteiger partial charge on any atom is -0.375 e. The van der Waals surface area contributed by atoms with Gasteiger partial charge in [0.25, 0.3) is 0 Å². The van der Waals surface area contributed by atoms with Gasteiger partial charge in [-0.05, 0) is 52.5 Å². The molecule has 2 aliphatic rings. The minimum atomic E-state index is -0.00801. The Kier molecular flexibility index (Phi) is 7.54. The van der Waals surface area contributed by atoms with E-state index in [1.807, 2.05) is 0 Å². The largest absolute Gasteiger partial charge is 0.375 e. The topological polar surface area (TPSA) is 19.0 Å². The Morgan fingerprint density at radius 1 is 0.958 bits per heavy atom. The van der Waals surface area contributed by atoms with Gasteiger partial charge in [0.15, 0.2) is 0 Å². The first kappa shape index (κ1) is 20.2. The van der Waals surface area contributed by atoms with Crippen molar-refractivity contribution in [2.75, 3.05) is 59.0 Å². The van der Waals surface area contributed by atoms with Crippen LogP contribution in [0.1, 0.15) is 48.0 Å². The first-order valence-electron chi connectivity index (χ1n) is 10.1. The Bertz CT molecular complexity index is 358. The van der Waals surface area contributed by atoms with Crippen molar-refractivity contribution in [1.29, 1.82) is 0 Å². The number of likely N-dealkylation sites (tertiary alicyclic amines) is 1. The summed E-state index contributed by atoms with van der Waals surface area (Å²) in [6.45, 7) is 24.2. The predicted molar refractivity (Wildman–Crippen MR) is 103 cm³/mol. The van der Waals surface area contributed by atoms with Gasteiger partial charge < -0.3 is 14.5 Å². The standard InChI is InChI=1S/C20H41N3O/c1-17(2)18(3)23-11-9-22(10-12-23)16-19-7-8-21(15-19)13-14-24-20(4,5)6/h17-19H,7-16H2,1-6H3/t18-,19+/m1/s1. The van der Waals surface area contributed by atoms with Crippen molar-refractivity contribution in [1.82, 2.24) is 14.7 Å². The van der Waals surface area contributed by atoms with Crippen LogP contribution >= 0.6 is 0 Å². The molecule has 0 spiro atoms. The summed E-state index contributed by atoms with van der Waals surface area (Å²) >= 11 is 0. The molecule has 2 heterocycles. The van der Waals surface area contributed by atoms with Gasteiger partial charge in [-0.15, -0.1) is 0 Å². The number of rotatable bonds is 7. The molecule has 0 N–H and O–H groups in total. The van der Waals surface area contributed by atoms with Gasteiger partial charge in [0.2, 0.25) is 0 Å². The van der Waals surface area contributed by atoms with Crippen LogP contribution < -0.4 is 0 Å². The maximum atomic E-state index is 5.87. The van der Waals surface area contributed by atoms with E-state index in [1.165, 1.54) is 52.2 Å². The quantitative estimate of drug-likeness (QED) is 0.710. The normalized spacial score (nSPS) is 26.4. The van der Waals surface area contributed by atoms with Crippen LogP contribution in [0.25, 0.3) is 0 Å². The molecule has 2 aliphatic heterocycles. The third-order valence-electron chi connectivity index (χ3n) is 5.78. The van der Waals surface area contributed by atoms with Gasteiger partial charge in [-0.1, -0.05) is 13.8 Å². The molecule has 2 saturated heterocycles. The summed E-state index contributed by atoms with van der Waals surface area (Å²) in [6, 6.07) is 0.719. The number of hydrogen-bond donors (Lipinski definition) is 0. The van der Waals surface area contributed by atoms with Crippen molar-refractivity contribution < 1.29 is 4.74 Å². The van der Waals surface area contributed by atoms with E-state index in [2.05, 4.69) is 56.2 Å². The highest BCUT2D eigenvalue weighted by Gasteiger charge is 2.27. The first-order valence-corrected chi connectivity index (χ1v) is 10.1. The van der Waals surface area contributed by atoms with E-state index in [-0.39, 0.29) is 5.60 Å². The van der Waals surface area contributed by atoms with E-state index in [1.54, 1.807) is 0 Å². The zero-order chi connectivity index (χ0) is 17.7. The third kappa shape index (κ3) is 6.62. The molecule has 2 atom stereocenters. The molecule has 2 rings (SSSR count). The van der Waals surface area contributed by atoms with E-state index in [0.29, 0.717) is 0 Å². The lowest BCUT2D eigenvalue weighted by Crippen LogP contribution is -2.51. The summed E-state index contributed by atoms with van der Waals surface area (Å²) in [4.78, 5) is 7.96. The minimum absolute atomic E-state index is 0.00801. The molecule has 142 valence electrons. The van der Waals surface area contributed by atoms with Gasteiger partial charge in [-0.2, -0.15) is 0 Å². The summed E-state index contributed by atoms with van der Waals surface area (Å²) < 4.78 is 5.87. The Hall–Kier alpha value is -0.160. The molecule has 2 fully saturated rings. The van der Waals surface area contributed by atoms with Crippen LogP contribution in [-0.4, -0.2) is 85.3 Å². The van der Waals surface area contributed by atoms with Gasteiger partial charge in [0.1, 0.15) is 0 Å². The van der Waals surface area contributed by atoms with Crippen LogP contribution in [0.4, 0.5) is 0 Å². The second kappa shape index (κ2) is 8.98. The fourth-order valence-corrected chi connectivity index (χ4v) is 3.89. The van der Waals surface area contributed by atoms with Crippen LogP contribution in [0.5, 0.6) is 0 Å². The van der Waals surface area contributed by atoms with Gasteiger partial charge in [-0.3, -0.25) is 4.90 Å². The summed E-state index contributed by atoms with van der Waals surface area (Å²) in [5.41, 5.74) is -0.00801. The molecular weight excluding hydrogens is 298 g/mol. The highest BCUT2D eigenvalue weighted by Crippen LogP contribution is 2.20. The van der Waals surface area contributed by atoms with E-state index in [4.69, 9.17) is 4.74 Å². The highest BCUT2D eigenvalue weighted by atomic mass is 16.5. The smallest absolute Gasteiger partial charge is 0.0600 e. The molecule has 0 aromatic heterocycles. The Balaban J connectivity index is 1.62. The van der Waals surface area contributed by atoms with E-state index < -0.39 is 0 Å². The van der Waals surface area contributed by atoms with Gasteiger partial charge >= 0.3 is 0 Å². The second-order valence-electron chi connectivity index (χ2n) is 9.24. The summed E-state index contributed by atoms with van der Waals surface area (Å²) in [5.74, 6) is 1.61. The number of hydrogen-bond acceptors (Lipinski definition) is 4. The van der Waals surface area contributed by atoms with Crippen LogP contribution in [0.3, 0.4) is 0 Å². The van der Waals surface area contributed by atoms with Crippen LogP contribution in [0.2, 0.25) is 0 Å². The van der Waals surface area contributed by atoms with Crippen molar-refractivity contribution in [3.05, 3.63) is 0 Å². The maximum absolute atomic E-state index is 5.87. The second-order valence-corrected chi connectivity index (χ2v) is 9.24. The average Bonchev–Trinajstić information content (AvgIpc) is 2.93. The van der Waals surface area contributed by atoms with Crippen molar-refractivity contribution in [3.63, 3.8) is 0 Å². The van der Waals surface area contributed by atoms with Gasteiger partial charge in [0.05, 0.1) is 12.2 Å². The van der Waals surface area contributed by atoms with Crippen molar-refractivity contribution >= 4 is 0 Å². The third-order valence-corrected chi connectivity index (χ3v) is 5.78. The van der Waals surface area contributed by atoms with E-state index >= 15 is 0 Å². The van der Waals surface area contributed by atoms with Crippen LogP contribution in [0.15, 0.2) is 0 Å². The highest BCUT2D eigenvalue weighted by molar-refractivity contribution is 4.82. The summed E-state index contributed by atoms with van der Waals surface area (Å²) in [5, 5.41) is 0. The Morgan fingerprint density at radius 3 is 2.21 bits per heavy atom. The lowest BCUT2D eigenvalue weighted by atomic mass is 10.0. The van der Waals surface area contributed by atoms with Gasteiger partial charge in [0, 0.05) is 51.9 Å². The first-order chi connectivity index (χ1) is 11.2. The molecule has 0 aromatic carbocycles. The number of nitrogens with zero attached hydrogens (tertiary/aromatic N) is 3. The zero-order valence-electron chi connectivity index (χ0n) is 17.1. The molecule has 4 heteroatoms. The van der Waals surface area contributed by atoms with Crippen LogP contribution in [0, 0.1) is 11.8 Å². The Morgan fingerprint density at radius 2 is 1.62 bits per heavy atom. The summed E-state index contributed by atoms with van der Waals surface area (Å²) in [7, 11) is 0. The lowest BCUT2D eigenvalue weighted by Gasteiger charge is -2.40. The van der Waals surface area contributed by atoms with Crippen molar-refractivity contribution in [3.8, 4) is 0 Å². The van der Waals surface area contributed by atoms with E-state index in [0.717, 1.165) is 31.0 Å². The van der Waals surface area contributed by atoms with Gasteiger partial charge in [-0.25, -0.2) is 0 Å². The maximum Gasteiger partial charge on any atom is 0.0600 e. The molecule has 0 saturated carbocycles. The number of piperazine rings is 1. The molecule has 0 bridgehead atoms. The van der Waals surface area contributed by atoms with E-state index in [9.17, 15) is 0 Å². The SMILES string of the molecule is CC(C)[C@@H](C)N1CCN(C[C@H]2CCN(CCOC(C)(C)C)C2)CC1. The van der Waals surface area contributed by atoms with Crippen molar-refractivity contribution in [2.24, 2.45) is 11.8 Å². The summed E-state index contributed by atoms with van der Waals surface area (Å²) in [6.07, 6.45) is 1.36. The number of ether oxygens (including phenoxy) is 1. The molecule has 0 radical (unpaired) electrons. The molecule has 4 nitrogen and oxygen atoms in total. The fourth-order valence-electron chi connectivity index (χ4n) is 3.89. The molecule has 0 aromatic rings. The molecule has 0 amide bonds. The molecule has 24 heavy (non-hydrogen) atoms.